The van der Waals surface area contributed by atoms with Crippen molar-refractivity contribution in [3.8, 4) is 0 Å². The summed E-state index contributed by atoms with van der Waals surface area (Å²) in [4.78, 5) is 11.0. The van der Waals surface area contributed by atoms with E-state index in [2.05, 4.69) is 11.7 Å². The van der Waals surface area contributed by atoms with Gasteiger partial charge in [0, 0.05) is 6.08 Å². The van der Waals surface area contributed by atoms with Gasteiger partial charge in [-0.25, -0.2) is 4.79 Å². The quantitative estimate of drug-likeness (QED) is 0.384. The highest BCUT2D eigenvalue weighted by atomic mass is 16.5. The van der Waals surface area contributed by atoms with E-state index in [-0.39, 0.29) is 0 Å². The average molecular weight is 215 g/mol. The molecule has 0 aromatic carbocycles. The number of carbonyl (C=O) groups is 1. The lowest BCUT2D eigenvalue weighted by molar-refractivity contribution is -0.137. The number of aliphatic hydroxyl groups is 1. The smallest absolute Gasteiger partial charge is 0.330 e. The Labute approximate surface area is 93.5 Å². The van der Waals surface area contributed by atoms with Crippen LogP contribution in [0, 0.1) is 0 Å². The topological polar surface area (TPSA) is 46.5 Å². The molecule has 0 aromatic heterocycles. The largest absolute Gasteiger partial charge is 0.463 e. The molecule has 0 aliphatic heterocycles. The number of ether oxygens (including phenoxy) is 1. The molecule has 1 atom stereocenters. The number of hydrogen-bond donors (Lipinski definition) is 1. The number of rotatable bonds is 8. The van der Waals surface area contributed by atoms with Crippen LogP contribution in [0.25, 0.3) is 0 Å². The summed E-state index contributed by atoms with van der Waals surface area (Å²) < 4.78 is 12.2. The summed E-state index contributed by atoms with van der Waals surface area (Å²) in [6.45, 7) is 4.12. The van der Waals surface area contributed by atoms with Crippen molar-refractivity contribution in [2.75, 3.05) is 6.61 Å². The second kappa shape index (κ2) is 9.71. The lowest BCUT2D eigenvalue weighted by Gasteiger charge is -2.04. The normalized spacial score (nSPS) is 16.1. The Balaban J connectivity index is 3.88. The van der Waals surface area contributed by atoms with Crippen LogP contribution in [0.15, 0.2) is 12.2 Å². The Morgan fingerprint density at radius 2 is 2.20 bits per heavy atom. The van der Waals surface area contributed by atoms with E-state index >= 15 is 0 Å². The first-order valence-electron chi connectivity index (χ1n) is 6.10. The minimum atomic E-state index is -1.65. The molecule has 0 aromatic rings. The maximum absolute atomic E-state index is 11.0. The van der Waals surface area contributed by atoms with E-state index < -0.39 is 12.0 Å². The predicted octanol–water partition coefficient (Wildman–Crippen LogP) is 2.44. The third-order valence-corrected chi connectivity index (χ3v) is 1.98. The summed E-state index contributed by atoms with van der Waals surface area (Å²) in [5.41, 5.74) is 0. The van der Waals surface area contributed by atoms with Crippen molar-refractivity contribution < 1.29 is 16.0 Å². The predicted molar refractivity (Wildman–Crippen MR) is 60.5 cm³/mol. The molecule has 0 saturated carbocycles. The number of carbonyl (C=O) groups excluding carboxylic acids is 1. The number of esters is 1. The van der Waals surface area contributed by atoms with Crippen LogP contribution in [0.2, 0.25) is 0 Å². The van der Waals surface area contributed by atoms with Crippen molar-refractivity contribution in [1.82, 2.24) is 0 Å². The standard InChI is InChI=1S/C12H22O3/c1-3-5-6-7-8-11(13)9-10-12(14)15-4-2/h9-11,13H,3-8H2,1-2H3/b10-9+/t11-/m1/s1/i11D. The lowest BCUT2D eigenvalue weighted by Crippen LogP contribution is -2.05. The van der Waals surface area contributed by atoms with Gasteiger partial charge in [0.15, 0.2) is 0 Å². The Kier molecular flexibility index (Phi) is 7.93. The van der Waals surface area contributed by atoms with Gasteiger partial charge in [-0.2, -0.15) is 0 Å². The third-order valence-electron chi connectivity index (χ3n) is 1.98. The molecule has 3 nitrogen and oxygen atoms in total. The molecule has 15 heavy (non-hydrogen) atoms. The first-order valence-corrected chi connectivity index (χ1v) is 5.60. The summed E-state index contributed by atoms with van der Waals surface area (Å²) in [6.07, 6.45) is 5.04. The molecule has 0 bridgehead atoms. The monoisotopic (exact) mass is 215 g/mol. The Hall–Kier alpha value is -0.830. The van der Waals surface area contributed by atoms with Crippen LogP contribution in [-0.2, 0) is 9.53 Å². The summed E-state index contributed by atoms with van der Waals surface area (Å²) in [7, 11) is 0. The van der Waals surface area contributed by atoms with Gasteiger partial charge in [-0.3, -0.25) is 0 Å². The van der Waals surface area contributed by atoms with Crippen LogP contribution < -0.4 is 0 Å². The zero-order valence-electron chi connectivity index (χ0n) is 10.7. The van der Waals surface area contributed by atoms with E-state index in [1.807, 2.05) is 0 Å². The number of unbranched alkanes of at least 4 members (excludes halogenated alkanes) is 3. The van der Waals surface area contributed by atoms with Gasteiger partial charge in [0.25, 0.3) is 0 Å². The van der Waals surface area contributed by atoms with Crippen LogP contribution in [0.4, 0.5) is 0 Å². The second-order valence-corrected chi connectivity index (χ2v) is 3.39. The van der Waals surface area contributed by atoms with Crippen molar-refractivity contribution in [3.63, 3.8) is 0 Å². The zero-order valence-corrected chi connectivity index (χ0v) is 9.66. The van der Waals surface area contributed by atoms with E-state index in [9.17, 15) is 9.90 Å². The first-order chi connectivity index (χ1) is 7.52. The van der Waals surface area contributed by atoms with Crippen LogP contribution in [0.5, 0.6) is 0 Å². The van der Waals surface area contributed by atoms with E-state index in [1.54, 1.807) is 6.92 Å². The minimum absolute atomic E-state index is 0.302. The molecule has 0 amide bonds. The summed E-state index contributed by atoms with van der Waals surface area (Å²) in [6, 6.07) is 0. The van der Waals surface area contributed by atoms with E-state index in [1.165, 1.54) is 6.08 Å². The van der Waals surface area contributed by atoms with Gasteiger partial charge in [0.2, 0.25) is 0 Å². The lowest BCUT2D eigenvalue weighted by atomic mass is 10.1. The maximum Gasteiger partial charge on any atom is 0.330 e. The zero-order chi connectivity index (χ0) is 12.4. The molecule has 0 rings (SSSR count). The second-order valence-electron chi connectivity index (χ2n) is 3.39. The summed E-state index contributed by atoms with van der Waals surface area (Å²) in [5, 5.41) is 9.60. The first kappa shape index (κ1) is 12.2. The Bertz CT molecular complexity index is 224. The molecule has 88 valence electrons. The molecule has 0 saturated heterocycles. The number of hydrogen-bond acceptors (Lipinski definition) is 3. The SMILES string of the molecule is [2H][C@](O)(/C=C/C(=O)OCC)CCCCCC. The fraction of sp³-hybridized carbons (Fsp3) is 0.750. The maximum atomic E-state index is 11.0. The Morgan fingerprint density at radius 3 is 2.80 bits per heavy atom. The van der Waals surface area contributed by atoms with Crippen molar-refractivity contribution in [1.29, 1.82) is 0 Å². The molecule has 0 spiro atoms. The van der Waals surface area contributed by atoms with Crippen LogP contribution in [-0.4, -0.2) is 23.8 Å². The molecule has 0 aliphatic carbocycles. The van der Waals surface area contributed by atoms with Crippen molar-refractivity contribution >= 4 is 5.97 Å². The highest BCUT2D eigenvalue weighted by molar-refractivity contribution is 5.81. The molecule has 0 aliphatic rings. The molecular weight excluding hydrogens is 192 g/mol. The third kappa shape index (κ3) is 9.47. The van der Waals surface area contributed by atoms with Gasteiger partial charge in [-0.05, 0) is 19.4 Å². The highest BCUT2D eigenvalue weighted by Crippen LogP contribution is 2.06. The van der Waals surface area contributed by atoms with E-state index in [0.717, 1.165) is 31.8 Å². The van der Waals surface area contributed by atoms with Gasteiger partial charge in [-0.15, -0.1) is 0 Å². The fourth-order valence-corrected chi connectivity index (χ4v) is 1.17. The van der Waals surface area contributed by atoms with Crippen LogP contribution in [0.1, 0.15) is 47.3 Å². The minimum Gasteiger partial charge on any atom is -0.463 e. The van der Waals surface area contributed by atoms with Gasteiger partial charge in [0.1, 0.15) is 0 Å². The average Bonchev–Trinajstić information content (AvgIpc) is 2.22. The van der Waals surface area contributed by atoms with Gasteiger partial charge >= 0.3 is 5.97 Å². The van der Waals surface area contributed by atoms with E-state index in [0.29, 0.717) is 13.0 Å². The summed E-state index contributed by atoms with van der Waals surface area (Å²) >= 11 is 0. The Morgan fingerprint density at radius 1 is 1.47 bits per heavy atom. The molecule has 3 heteroatoms. The highest BCUT2D eigenvalue weighted by Gasteiger charge is 2.00. The molecule has 0 fully saturated rings. The van der Waals surface area contributed by atoms with Crippen LogP contribution in [0.3, 0.4) is 0 Å². The molecule has 1 N–H and O–H groups in total. The van der Waals surface area contributed by atoms with Crippen molar-refractivity contribution in [2.24, 2.45) is 0 Å². The summed E-state index contributed by atoms with van der Waals surface area (Å²) in [5.74, 6) is -0.512. The van der Waals surface area contributed by atoms with Gasteiger partial charge in [-0.1, -0.05) is 32.6 Å². The van der Waals surface area contributed by atoms with Crippen LogP contribution >= 0.6 is 0 Å². The van der Waals surface area contributed by atoms with E-state index in [4.69, 9.17) is 1.37 Å². The molecular formula is C12H22O3. The molecule has 0 unspecified atom stereocenters. The molecule has 0 heterocycles. The fourth-order valence-electron chi connectivity index (χ4n) is 1.17. The van der Waals surface area contributed by atoms with Gasteiger partial charge in [0.05, 0.1) is 14.1 Å². The van der Waals surface area contributed by atoms with Gasteiger partial charge < -0.3 is 9.84 Å². The van der Waals surface area contributed by atoms with Crippen molar-refractivity contribution in [2.45, 2.75) is 52.0 Å². The molecule has 0 radical (unpaired) electrons. The van der Waals surface area contributed by atoms with Crippen molar-refractivity contribution in [3.05, 3.63) is 12.2 Å².